The highest BCUT2D eigenvalue weighted by Gasteiger charge is 2.08. The zero-order chi connectivity index (χ0) is 15.1. The predicted molar refractivity (Wildman–Crippen MR) is 90.2 cm³/mol. The Morgan fingerprint density at radius 3 is 2.67 bits per heavy atom. The lowest BCUT2D eigenvalue weighted by molar-refractivity contribution is 0.0981. The second-order valence-electron chi connectivity index (χ2n) is 4.26. The maximum atomic E-state index is 11.8. The van der Waals surface area contributed by atoms with Gasteiger partial charge in [-0.05, 0) is 54.4 Å². The highest BCUT2D eigenvalue weighted by molar-refractivity contribution is 7.80. The summed E-state index contributed by atoms with van der Waals surface area (Å²) < 4.78 is 5.50. The predicted octanol–water partition coefficient (Wildman–Crippen LogP) is 3.66. The van der Waals surface area contributed by atoms with E-state index in [0.29, 0.717) is 11.5 Å². The van der Waals surface area contributed by atoms with Crippen LogP contribution in [0.3, 0.4) is 0 Å². The van der Waals surface area contributed by atoms with E-state index < -0.39 is 0 Å². The number of anilines is 1. The molecule has 0 atom stereocenters. The summed E-state index contributed by atoms with van der Waals surface area (Å²) >= 11 is 6.49. The topological polar surface area (TPSA) is 50.4 Å². The van der Waals surface area contributed by atoms with Gasteiger partial charge in [-0.2, -0.15) is 0 Å². The monoisotopic (exact) mass is 320 g/mol. The molecule has 0 aliphatic rings. The maximum absolute atomic E-state index is 11.8. The Hall–Kier alpha value is -1.92. The first kappa shape index (κ1) is 15.5. The Labute approximate surface area is 133 Å². The standard InChI is InChI=1S/C15H16N2O2S2/c1-2-9-19-12-7-5-11(6-8-12)16-15(20)17-14(18)13-4-3-10-21-13/h3-8,10H,2,9H2,1H3,(H2,16,17,18,20). The van der Waals surface area contributed by atoms with Gasteiger partial charge in [0.05, 0.1) is 11.5 Å². The third-order valence-electron chi connectivity index (χ3n) is 2.56. The van der Waals surface area contributed by atoms with Crippen molar-refractivity contribution in [3.63, 3.8) is 0 Å². The Morgan fingerprint density at radius 1 is 1.29 bits per heavy atom. The van der Waals surface area contributed by atoms with Gasteiger partial charge in [0.15, 0.2) is 5.11 Å². The minimum atomic E-state index is -0.203. The lowest BCUT2D eigenvalue weighted by Crippen LogP contribution is -2.33. The number of hydrogen-bond acceptors (Lipinski definition) is 4. The first-order chi connectivity index (χ1) is 10.2. The van der Waals surface area contributed by atoms with Gasteiger partial charge in [0.2, 0.25) is 0 Å². The van der Waals surface area contributed by atoms with Gasteiger partial charge in [-0.3, -0.25) is 10.1 Å². The van der Waals surface area contributed by atoms with Crippen LogP contribution in [0, 0.1) is 0 Å². The van der Waals surface area contributed by atoms with Crippen LogP contribution in [0.2, 0.25) is 0 Å². The van der Waals surface area contributed by atoms with E-state index in [1.165, 1.54) is 11.3 Å². The van der Waals surface area contributed by atoms with E-state index in [2.05, 4.69) is 17.6 Å². The minimum Gasteiger partial charge on any atom is -0.494 e. The number of thiocarbonyl (C=S) groups is 1. The van der Waals surface area contributed by atoms with Gasteiger partial charge < -0.3 is 10.1 Å². The summed E-state index contributed by atoms with van der Waals surface area (Å²) in [5.74, 6) is 0.612. The molecule has 21 heavy (non-hydrogen) atoms. The first-order valence-electron chi connectivity index (χ1n) is 6.57. The van der Waals surface area contributed by atoms with Crippen molar-refractivity contribution < 1.29 is 9.53 Å². The molecule has 0 radical (unpaired) electrons. The van der Waals surface area contributed by atoms with Crippen molar-refractivity contribution in [1.29, 1.82) is 0 Å². The van der Waals surface area contributed by atoms with Crippen LogP contribution in [0.15, 0.2) is 41.8 Å². The van der Waals surface area contributed by atoms with Crippen LogP contribution in [0.1, 0.15) is 23.0 Å². The van der Waals surface area contributed by atoms with E-state index in [-0.39, 0.29) is 11.0 Å². The number of hydrogen-bond donors (Lipinski definition) is 2. The summed E-state index contributed by atoms with van der Waals surface area (Å²) in [7, 11) is 0. The molecule has 110 valence electrons. The molecule has 1 aromatic carbocycles. The number of carbonyl (C=O) groups is 1. The molecule has 1 heterocycles. The van der Waals surface area contributed by atoms with E-state index >= 15 is 0 Å². The van der Waals surface area contributed by atoms with Crippen molar-refractivity contribution in [2.75, 3.05) is 11.9 Å². The molecule has 0 bridgehead atoms. The average Bonchev–Trinajstić information content (AvgIpc) is 3.01. The molecular weight excluding hydrogens is 304 g/mol. The molecule has 2 rings (SSSR count). The van der Waals surface area contributed by atoms with Crippen molar-refractivity contribution in [3.8, 4) is 5.75 Å². The first-order valence-corrected chi connectivity index (χ1v) is 7.86. The SMILES string of the molecule is CCCOc1ccc(NC(=S)NC(=O)c2cccs2)cc1. The number of benzene rings is 1. The van der Waals surface area contributed by atoms with Crippen LogP contribution in [-0.2, 0) is 0 Å². The molecule has 2 N–H and O–H groups in total. The molecule has 1 aromatic heterocycles. The Morgan fingerprint density at radius 2 is 2.05 bits per heavy atom. The van der Waals surface area contributed by atoms with Gasteiger partial charge >= 0.3 is 0 Å². The van der Waals surface area contributed by atoms with Crippen LogP contribution in [0.25, 0.3) is 0 Å². The Balaban J connectivity index is 1.86. The van der Waals surface area contributed by atoms with Crippen LogP contribution in [0.5, 0.6) is 5.75 Å². The molecular formula is C15H16N2O2S2. The summed E-state index contributed by atoms with van der Waals surface area (Å²) in [6.45, 7) is 2.76. The Kier molecular flexibility index (Phi) is 5.71. The van der Waals surface area contributed by atoms with Crippen molar-refractivity contribution in [2.45, 2.75) is 13.3 Å². The summed E-state index contributed by atoms with van der Waals surface area (Å²) in [4.78, 5) is 12.5. The zero-order valence-electron chi connectivity index (χ0n) is 11.6. The van der Waals surface area contributed by atoms with E-state index in [4.69, 9.17) is 17.0 Å². The van der Waals surface area contributed by atoms with Gasteiger partial charge in [-0.25, -0.2) is 0 Å². The number of ether oxygens (including phenoxy) is 1. The van der Waals surface area contributed by atoms with Gasteiger partial charge in [-0.15, -0.1) is 11.3 Å². The van der Waals surface area contributed by atoms with E-state index in [1.54, 1.807) is 6.07 Å². The number of carbonyl (C=O) groups excluding carboxylic acids is 1. The third kappa shape index (κ3) is 4.84. The van der Waals surface area contributed by atoms with Gasteiger partial charge in [0.25, 0.3) is 5.91 Å². The normalized spacial score (nSPS) is 9.95. The van der Waals surface area contributed by atoms with Gasteiger partial charge in [-0.1, -0.05) is 13.0 Å². The zero-order valence-corrected chi connectivity index (χ0v) is 13.2. The van der Waals surface area contributed by atoms with Crippen LogP contribution in [-0.4, -0.2) is 17.6 Å². The molecule has 6 heteroatoms. The number of amides is 1. The molecule has 0 aliphatic heterocycles. The average molecular weight is 320 g/mol. The van der Waals surface area contributed by atoms with E-state index in [9.17, 15) is 4.79 Å². The van der Waals surface area contributed by atoms with Crippen molar-refractivity contribution in [1.82, 2.24) is 5.32 Å². The van der Waals surface area contributed by atoms with Crippen LogP contribution < -0.4 is 15.4 Å². The van der Waals surface area contributed by atoms with Crippen LogP contribution >= 0.6 is 23.6 Å². The fourth-order valence-corrected chi connectivity index (χ4v) is 2.42. The molecule has 2 aromatic rings. The highest BCUT2D eigenvalue weighted by atomic mass is 32.1. The third-order valence-corrected chi connectivity index (χ3v) is 3.63. The molecule has 0 saturated carbocycles. The van der Waals surface area contributed by atoms with Crippen molar-refractivity contribution >= 4 is 40.3 Å². The minimum absolute atomic E-state index is 0.203. The second kappa shape index (κ2) is 7.75. The molecule has 1 amide bonds. The van der Waals surface area contributed by atoms with Crippen LogP contribution in [0.4, 0.5) is 5.69 Å². The lowest BCUT2D eigenvalue weighted by Gasteiger charge is -2.10. The Bertz CT molecular complexity index is 595. The number of nitrogens with one attached hydrogen (secondary N) is 2. The fraction of sp³-hybridized carbons (Fsp3) is 0.200. The van der Waals surface area contributed by atoms with Crippen molar-refractivity contribution in [2.24, 2.45) is 0 Å². The smallest absolute Gasteiger partial charge is 0.267 e. The highest BCUT2D eigenvalue weighted by Crippen LogP contribution is 2.16. The maximum Gasteiger partial charge on any atom is 0.267 e. The molecule has 0 aliphatic carbocycles. The van der Waals surface area contributed by atoms with Crippen molar-refractivity contribution in [3.05, 3.63) is 46.7 Å². The van der Waals surface area contributed by atoms with Gasteiger partial charge in [0, 0.05) is 5.69 Å². The summed E-state index contributed by atoms with van der Waals surface area (Å²) in [5.41, 5.74) is 0.801. The summed E-state index contributed by atoms with van der Waals surface area (Å²) in [6, 6.07) is 11.0. The summed E-state index contributed by atoms with van der Waals surface area (Å²) in [5, 5.41) is 7.73. The fourth-order valence-electron chi connectivity index (χ4n) is 1.59. The number of thiophene rings is 1. The second-order valence-corrected chi connectivity index (χ2v) is 5.61. The lowest BCUT2D eigenvalue weighted by atomic mass is 10.3. The number of rotatable bonds is 5. The summed E-state index contributed by atoms with van der Waals surface area (Å²) in [6.07, 6.45) is 0.971. The van der Waals surface area contributed by atoms with E-state index in [0.717, 1.165) is 17.9 Å². The largest absolute Gasteiger partial charge is 0.494 e. The molecule has 0 spiro atoms. The quantitative estimate of drug-likeness (QED) is 0.826. The molecule has 0 saturated heterocycles. The van der Waals surface area contributed by atoms with E-state index in [1.807, 2.05) is 35.7 Å². The molecule has 0 fully saturated rings. The molecule has 0 unspecified atom stereocenters. The van der Waals surface area contributed by atoms with Gasteiger partial charge in [0.1, 0.15) is 5.75 Å². The molecule has 4 nitrogen and oxygen atoms in total.